The van der Waals surface area contributed by atoms with Crippen LogP contribution in [0, 0.1) is 0 Å². The zero-order valence-corrected chi connectivity index (χ0v) is 19.5. The van der Waals surface area contributed by atoms with Crippen LogP contribution >= 0.6 is 11.8 Å². The normalized spacial score (nSPS) is 13.1. The molecule has 4 rings (SSSR count). The molecule has 174 valence electrons. The molecule has 0 N–H and O–H groups in total. The fraction of sp³-hybridized carbons (Fsp3) is 0.185. The summed E-state index contributed by atoms with van der Waals surface area (Å²) in [4.78, 5) is 25.5. The second-order valence-corrected chi connectivity index (χ2v) is 8.41. The van der Waals surface area contributed by atoms with Crippen LogP contribution in [-0.4, -0.2) is 30.1 Å². The molecule has 0 bridgehead atoms. The Bertz CT molecular complexity index is 1150. The zero-order chi connectivity index (χ0) is 23.8. The summed E-state index contributed by atoms with van der Waals surface area (Å²) in [5.74, 6) is 2.70. The Labute approximate surface area is 203 Å². The van der Waals surface area contributed by atoms with Gasteiger partial charge in [-0.25, -0.2) is 4.90 Å². The second kappa shape index (κ2) is 11.4. The van der Waals surface area contributed by atoms with Gasteiger partial charge in [-0.2, -0.15) is 0 Å². The maximum Gasteiger partial charge on any atom is 0.293 e. The number of rotatable bonds is 11. The van der Waals surface area contributed by atoms with Crippen molar-refractivity contribution in [2.24, 2.45) is 0 Å². The molecular formula is C27H25NO5S. The number of thioether (sulfide) groups is 1. The molecule has 1 heterocycles. The number of hydrogen-bond donors (Lipinski definition) is 0. The molecule has 0 unspecified atom stereocenters. The molecule has 1 aliphatic rings. The van der Waals surface area contributed by atoms with E-state index in [0.717, 1.165) is 23.1 Å². The van der Waals surface area contributed by atoms with Gasteiger partial charge in [-0.3, -0.25) is 9.59 Å². The van der Waals surface area contributed by atoms with Gasteiger partial charge in [0.25, 0.3) is 5.24 Å². The third-order valence-corrected chi connectivity index (χ3v) is 5.86. The predicted octanol–water partition coefficient (Wildman–Crippen LogP) is 6.26. The van der Waals surface area contributed by atoms with E-state index < -0.39 is 0 Å². The Morgan fingerprint density at radius 2 is 1.62 bits per heavy atom. The largest absolute Gasteiger partial charge is 0.493 e. The van der Waals surface area contributed by atoms with Crippen molar-refractivity contribution in [3.8, 4) is 23.0 Å². The number of anilines is 1. The number of allylic oxidation sites excluding steroid dienone is 1. The molecule has 1 fully saturated rings. The molecule has 3 aromatic rings. The lowest BCUT2D eigenvalue weighted by Gasteiger charge is -2.18. The van der Waals surface area contributed by atoms with E-state index in [1.165, 1.54) is 4.90 Å². The van der Waals surface area contributed by atoms with Gasteiger partial charge in [-0.1, -0.05) is 48.2 Å². The van der Waals surface area contributed by atoms with Crippen LogP contribution < -0.4 is 19.1 Å². The molecule has 0 radical (unpaired) electrons. The lowest BCUT2D eigenvalue weighted by molar-refractivity contribution is -0.115. The van der Waals surface area contributed by atoms with Gasteiger partial charge in [0.05, 0.1) is 24.7 Å². The van der Waals surface area contributed by atoms with E-state index in [-0.39, 0.29) is 16.9 Å². The Hall–Kier alpha value is -3.71. The quantitative estimate of drug-likeness (QED) is 0.241. The lowest BCUT2D eigenvalue weighted by atomic mass is 10.1. The van der Waals surface area contributed by atoms with Gasteiger partial charge in [0.2, 0.25) is 5.91 Å². The fourth-order valence-corrected chi connectivity index (χ4v) is 4.18. The maximum atomic E-state index is 12.1. The van der Waals surface area contributed by atoms with Gasteiger partial charge in [0.15, 0.2) is 11.5 Å². The minimum atomic E-state index is -0.252. The van der Waals surface area contributed by atoms with Gasteiger partial charge < -0.3 is 14.2 Å². The minimum absolute atomic E-state index is 0.171. The van der Waals surface area contributed by atoms with Crippen LogP contribution in [-0.2, 0) is 11.2 Å². The summed E-state index contributed by atoms with van der Waals surface area (Å²) in [6, 6.07) is 22.5. The van der Waals surface area contributed by atoms with Crippen LogP contribution in [0.4, 0.5) is 10.5 Å². The topological polar surface area (TPSA) is 65.1 Å². The van der Waals surface area contributed by atoms with E-state index in [0.29, 0.717) is 49.0 Å². The second-order valence-electron chi connectivity index (χ2n) is 7.48. The zero-order valence-electron chi connectivity index (χ0n) is 18.6. The van der Waals surface area contributed by atoms with E-state index in [4.69, 9.17) is 14.2 Å². The van der Waals surface area contributed by atoms with Crippen LogP contribution in [0.1, 0.15) is 12.0 Å². The number of hydrogen-bond acceptors (Lipinski definition) is 6. The summed E-state index contributed by atoms with van der Waals surface area (Å²) in [6.07, 6.45) is 2.93. The standard InChI is InChI=1S/C27H25NO5S/c1-2-9-20-18-22(14-15-23(20)28-26(29)19-34-27(28)30)31-16-8-17-32-24-12-6-7-13-25(24)33-21-10-4-3-5-11-21/h2-7,10-15,18H,1,8-9,16-17,19H2. The summed E-state index contributed by atoms with van der Waals surface area (Å²) in [5.41, 5.74) is 1.41. The predicted molar refractivity (Wildman–Crippen MR) is 134 cm³/mol. The molecule has 6 nitrogen and oxygen atoms in total. The third kappa shape index (κ3) is 5.80. The Kier molecular flexibility index (Phi) is 7.88. The Morgan fingerprint density at radius 3 is 2.35 bits per heavy atom. The highest BCUT2D eigenvalue weighted by atomic mass is 32.2. The number of para-hydroxylation sites is 3. The first kappa shape index (κ1) is 23.4. The summed E-state index contributed by atoms with van der Waals surface area (Å²) >= 11 is 1.02. The van der Waals surface area contributed by atoms with Crippen molar-refractivity contribution in [3.63, 3.8) is 0 Å². The summed E-state index contributed by atoms with van der Waals surface area (Å²) < 4.78 is 17.7. The molecule has 0 atom stereocenters. The van der Waals surface area contributed by atoms with Crippen molar-refractivity contribution in [1.29, 1.82) is 0 Å². The maximum absolute atomic E-state index is 12.1. The first-order chi connectivity index (χ1) is 16.7. The van der Waals surface area contributed by atoms with Crippen molar-refractivity contribution in [1.82, 2.24) is 0 Å². The van der Waals surface area contributed by atoms with Crippen molar-refractivity contribution >= 4 is 28.6 Å². The molecule has 3 aromatic carbocycles. The molecule has 0 aromatic heterocycles. The van der Waals surface area contributed by atoms with Crippen LogP contribution in [0.5, 0.6) is 23.0 Å². The van der Waals surface area contributed by atoms with E-state index in [1.54, 1.807) is 18.2 Å². The van der Waals surface area contributed by atoms with Gasteiger partial charge >= 0.3 is 0 Å². The molecule has 1 aliphatic heterocycles. The number of imide groups is 1. The highest BCUT2D eigenvalue weighted by Crippen LogP contribution is 2.33. The minimum Gasteiger partial charge on any atom is -0.493 e. The van der Waals surface area contributed by atoms with Gasteiger partial charge in [-0.15, -0.1) is 6.58 Å². The number of benzene rings is 3. The molecule has 0 aliphatic carbocycles. The number of carbonyl (C=O) groups excluding carboxylic acids is 2. The van der Waals surface area contributed by atoms with Crippen molar-refractivity contribution < 1.29 is 23.8 Å². The Morgan fingerprint density at radius 1 is 0.882 bits per heavy atom. The number of nitrogens with zero attached hydrogens (tertiary/aromatic N) is 1. The molecule has 1 saturated heterocycles. The van der Waals surface area contributed by atoms with E-state index in [9.17, 15) is 9.59 Å². The van der Waals surface area contributed by atoms with Crippen LogP contribution in [0.25, 0.3) is 0 Å². The van der Waals surface area contributed by atoms with Gasteiger partial charge in [0.1, 0.15) is 11.5 Å². The van der Waals surface area contributed by atoms with Crippen molar-refractivity contribution in [3.05, 3.63) is 91.0 Å². The summed E-state index contributed by atoms with van der Waals surface area (Å²) in [5, 5.41) is -0.252. The first-order valence-electron chi connectivity index (χ1n) is 11.0. The van der Waals surface area contributed by atoms with Gasteiger partial charge in [-0.05, 0) is 54.4 Å². The first-order valence-corrected chi connectivity index (χ1v) is 12.0. The number of ether oxygens (including phenoxy) is 3. The van der Waals surface area contributed by atoms with Gasteiger partial charge in [0, 0.05) is 6.42 Å². The van der Waals surface area contributed by atoms with Crippen molar-refractivity contribution in [2.45, 2.75) is 12.8 Å². The van der Waals surface area contributed by atoms with Crippen LogP contribution in [0.3, 0.4) is 0 Å². The summed E-state index contributed by atoms with van der Waals surface area (Å²) in [6.45, 7) is 4.69. The summed E-state index contributed by atoms with van der Waals surface area (Å²) in [7, 11) is 0. The molecule has 34 heavy (non-hydrogen) atoms. The average molecular weight is 476 g/mol. The lowest BCUT2D eigenvalue weighted by Crippen LogP contribution is -2.29. The molecular weight excluding hydrogens is 450 g/mol. The molecule has 2 amide bonds. The Balaban J connectivity index is 1.31. The molecule has 7 heteroatoms. The number of amides is 2. The smallest absolute Gasteiger partial charge is 0.293 e. The molecule has 0 spiro atoms. The van der Waals surface area contributed by atoms with Crippen LogP contribution in [0.15, 0.2) is 85.5 Å². The van der Waals surface area contributed by atoms with E-state index >= 15 is 0 Å². The highest BCUT2D eigenvalue weighted by molar-refractivity contribution is 8.15. The monoisotopic (exact) mass is 475 g/mol. The third-order valence-electron chi connectivity index (χ3n) is 5.04. The highest BCUT2D eigenvalue weighted by Gasteiger charge is 2.32. The van der Waals surface area contributed by atoms with Crippen LogP contribution in [0.2, 0.25) is 0 Å². The fourth-order valence-electron chi connectivity index (χ4n) is 3.48. The van der Waals surface area contributed by atoms with Crippen molar-refractivity contribution in [2.75, 3.05) is 23.9 Å². The molecule has 0 saturated carbocycles. The SMILES string of the molecule is C=CCc1cc(OCCCOc2ccccc2Oc2ccccc2)ccc1N1C(=O)CSC1=O. The van der Waals surface area contributed by atoms with E-state index in [2.05, 4.69) is 6.58 Å². The number of carbonyl (C=O) groups is 2. The average Bonchev–Trinajstić information content (AvgIpc) is 3.18. The van der Waals surface area contributed by atoms with E-state index in [1.807, 2.05) is 60.7 Å².